The van der Waals surface area contributed by atoms with Gasteiger partial charge in [-0.1, -0.05) is 23.9 Å². The van der Waals surface area contributed by atoms with Gasteiger partial charge >= 0.3 is 0 Å². The average molecular weight is 318 g/mol. The van der Waals surface area contributed by atoms with Crippen molar-refractivity contribution in [3.63, 3.8) is 0 Å². The number of benzene rings is 2. The Bertz CT molecular complexity index is 784. The molecule has 0 fully saturated rings. The number of aromatic nitrogens is 1. The van der Waals surface area contributed by atoms with Crippen molar-refractivity contribution >= 4 is 39.0 Å². The Balaban J connectivity index is 1.80. The molecule has 0 amide bonds. The summed E-state index contributed by atoms with van der Waals surface area (Å²) in [5.41, 5.74) is 1.45. The molecule has 3 aromatic rings. The van der Waals surface area contributed by atoms with Crippen molar-refractivity contribution in [1.82, 2.24) is 4.98 Å². The zero-order valence-electron chi connectivity index (χ0n) is 10.7. The number of hydrogen-bond acceptors (Lipinski definition) is 6. The van der Waals surface area contributed by atoms with E-state index in [1.54, 1.807) is 11.3 Å². The number of rotatable bonds is 4. The summed E-state index contributed by atoms with van der Waals surface area (Å²) in [6.07, 6.45) is 0. The molecule has 0 spiro atoms. The molecule has 0 radical (unpaired) electrons. The molecule has 0 saturated carbocycles. The number of phenols is 1. The molecule has 1 N–H and O–H groups in total. The lowest BCUT2D eigenvalue weighted by atomic mass is 10.2. The van der Waals surface area contributed by atoms with Gasteiger partial charge in [-0.15, -0.1) is 11.3 Å². The maximum Gasteiger partial charge on any atom is 0.270 e. The number of fused-ring (bicyclic) bond motifs is 1. The van der Waals surface area contributed by atoms with Gasteiger partial charge in [-0.05, 0) is 18.2 Å². The van der Waals surface area contributed by atoms with Crippen molar-refractivity contribution in [2.75, 3.05) is 0 Å². The first-order chi connectivity index (χ1) is 10.1. The summed E-state index contributed by atoms with van der Waals surface area (Å²) in [5.74, 6) is 0.502. The largest absolute Gasteiger partial charge is 0.508 e. The molecule has 0 aliphatic carbocycles. The number of para-hydroxylation sites is 1. The monoisotopic (exact) mass is 318 g/mol. The molecule has 21 heavy (non-hydrogen) atoms. The Morgan fingerprint density at radius 1 is 1.29 bits per heavy atom. The fourth-order valence-electron chi connectivity index (χ4n) is 1.85. The molecule has 1 heterocycles. The number of thioether (sulfide) groups is 1. The van der Waals surface area contributed by atoms with Crippen LogP contribution in [0.4, 0.5) is 5.69 Å². The normalized spacial score (nSPS) is 10.9. The first-order valence-corrected chi connectivity index (χ1v) is 7.88. The number of hydrogen-bond donors (Lipinski definition) is 1. The van der Waals surface area contributed by atoms with Crippen LogP contribution in [-0.4, -0.2) is 15.0 Å². The van der Waals surface area contributed by atoms with E-state index < -0.39 is 4.92 Å². The quantitative estimate of drug-likeness (QED) is 0.443. The lowest BCUT2D eigenvalue weighted by Gasteiger charge is -2.02. The van der Waals surface area contributed by atoms with E-state index in [0.717, 1.165) is 14.6 Å². The van der Waals surface area contributed by atoms with E-state index >= 15 is 0 Å². The number of aromatic hydroxyl groups is 1. The zero-order valence-corrected chi connectivity index (χ0v) is 12.4. The molecule has 0 bridgehead atoms. The van der Waals surface area contributed by atoms with Crippen LogP contribution in [-0.2, 0) is 5.75 Å². The number of nitrogens with zero attached hydrogens (tertiary/aromatic N) is 2. The van der Waals surface area contributed by atoms with Crippen LogP contribution in [0.5, 0.6) is 5.75 Å². The Labute approximate surface area is 128 Å². The van der Waals surface area contributed by atoms with E-state index in [4.69, 9.17) is 0 Å². The molecule has 0 atom stereocenters. The second kappa shape index (κ2) is 5.71. The van der Waals surface area contributed by atoms with Crippen LogP contribution in [0.2, 0.25) is 0 Å². The number of nitro benzene ring substituents is 1. The summed E-state index contributed by atoms with van der Waals surface area (Å²) in [7, 11) is 0. The number of nitro groups is 1. The summed E-state index contributed by atoms with van der Waals surface area (Å²) in [6, 6.07) is 11.9. The smallest absolute Gasteiger partial charge is 0.270 e. The van der Waals surface area contributed by atoms with Gasteiger partial charge in [0.05, 0.1) is 15.1 Å². The minimum atomic E-state index is -0.467. The maximum atomic E-state index is 10.8. The van der Waals surface area contributed by atoms with Crippen LogP contribution < -0.4 is 0 Å². The molecule has 0 aliphatic heterocycles. The number of thiazole rings is 1. The van der Waals surface area contributed by atoms with Gasteiger partial charge in [0, 0.05) is 23.4 Å². The molecular weight excluding hydrogens is 308 g/mol. The predicted molar refractivity (Wildman–Crippen MR) is 83.9 cm³/mol. The minimum Gasteiger partial charge on any atom is -0.508 e. The third kappa shape index (κ3) is 2.98. The van der Waals surface area contributed by atoms with E-state index in [9.17, 15) is 15.2 Å². The summed E-state index contributed by atoms with van der Waals surface area (Å²) >= 11 is 3.03. The van der Waals surface area contributed by atoms with Crippen molar-refractivity contribution in [1.29, 1.82) is 0 Å². The van der Waals surface area contributed by atoms with Gasteiger partial charge in [-0.3, -0.25) is 10.1 Å². The highest BCUT2D eigenvalue weighted by Gasteiger charge is 2.11. The highest BCUT2D eigenvalue weighted by molar-refractivity contribution is 8.00. The van der Waals surface area contributed by atoms with Gasteiger partial charge in [0.1, 0.15) is 5.75 Å². The summed E-state index contributed by atoms with van der Waals surface area (Å²) in [5, 5.41) is 20.5. The highest BCUT2D eigenvalue weighted by Crippen LogP contribution is 2.34. The Morgan fingerprint density at radius 2 is 2.10 bits per heavy atom. The van der Waals surface area contributed by atoms with Crippen LogP contribution >= 0.6 is 23.1 Å². The maximum absolute atomic E-state index is 10.8. The molecule has 3 rings (SSSR count). The molecule has 5 nitrogen and oxygen atoms in total. The molecule has 7 heteroatoms. The van der Waals surface area contributed by atoms with E-state index in [0.29, 0.717) is 11.3 Å². The Hall–Kier alpha value is -2.12. The fraction of sp³-hybridized carbons (Fsp3) is 0.0714. The molecule has 2 aromatic carbocycles. The molecular formula is C14H10N2O3S2. The predicted octanol–water partition coefficient (Wildman–Crippen LogP) is 4.20. The standard InChI is InChI=1S/C14H10N2O3S2/c17-12-6-5-10(16(18)19)7-9(12)8-20-14-15-11-3-1-2-4-13(11)21-14/h1-7,17H,8H2. The lowest BCUT2D eigenvalue weighted by Crippen LogP contribution is -1.90. The second-order valence-electron chi connectivity index (χ2n) is 4.31. The van der Waals surface area contributed by atoms with Crippen LogP contribution in [0.15, 0.2) is 46.8 Å². The summed E-state index contributed by atoms with van der Waals surface area (Å²) < 4.78 is 1.98. The van der Waals surface area contributed by atoms with Crippen molar-refractivity contribution in [2.45, 2.75) is 10.1 Å². The number of phenolic OH excluding ortho intramolecular Hbond substituents is 1. The Morgan fingerprint density at radius 3 is 2.86 bits per heavy atom. The van der Waals surface area contributed by atoms with Gasteiger partial charge in [0.15, 0.2) is 4.34 Å². The zero-order chi connectivity index (χ0) is 14.8. The molecule has 0 aliphatic rings. The fourth-order valence-corrected chi connectivity index (χ4v) is 3.91. The number of non-ortho nitro benzene ring substituents is 1. The SMILES string of the molecule is O=[N+]([O-])c1ccc(O)c(CSc2nc3ccccc3s2)c1. The molecule has 106 valence electrons. The van der Waals surface area contributed by atoms with E-state index in [1.807, 2.05) is 24.3 Å². The third-order valence-electron chi connectivity index (χ3n) is 2.90. The van der Waals surface area contributed by atoms with Gasteiger partial charge in [0.25, 0.3) is 5.69 Å². The first kappa shape index (κ1) is 13.8. The molecule has 0 unspecified atom stereocenters. The Kier molecular flexibility index (Phi) is 3.76. The van der Waals surface area contributed by atoms with Gasteiger partial charge < -0.3 is 5.11 Å². The average Bonchev–Trinajstić information content (AvgIpc) is 2.89. The lowest BCUT2D eigenvalue weighted by molar-refractivity contribution is -0.384. The van der Waals surface area contributed by atoms with Gasteiger partial charge in [-0.25, -0.2) is 4.98 Å². The van der Waals surface area contributed by atoms with Crippen LogP contribution in [0.3, 0.4) is 0 Å². The van der Waals surface area contributed by atoms with E-state index in [-0.39, 0.29) is 11.4 Å². The summed E-state index contributed by atoms with van der Waals surface area (Å²) in [6.45, 7) is 0. The molecule has 0 saturated heterocycles. The van der Waals surface area contributed by atoms with Crippen molar-refractivity contribution < 1.29 is 10.0 Å². The highest BCUT2D eigenvalue weighted by atomic mass is 32.2. The van der Waals surface area contributed by atoms with Crippen molar-refractivity contribution in [3.8, 4) is 5.75 Å². The third-order valence-corrected chi connectivity index (χ3v) is 5.13. The van der Waals surface area contributed by atoms with Crippen LogP contribution in [0.25, 0.3) is 10.2 Å². The van der Waals surface area contributed by atoms with Gasteiger partial charge in [0.2, 0.25) is 0 Å². The topological polar surface area (TPSA) is 76.3 Å². The van der Waals surface area contributed by atoms with Crippen molar-refractivity contribution in [2.24, 2.45) is 0 Å². The van der Waals surface area contributed by atoms with E-state index in [1.165, 1.54) is 30.0 Å². The van der Waals surface area contributed by atoms with Crippen LogP contribution in [0, 0.1) is 10.1 Å². The first-order valence-electron chi connectivity index (χ1n) is 6.08. The minimum absolute atomic E-state index is 0.0206. The van der Waals surface area contributed by atoms with Gasteiger partial charge in [-0.2, -0.15) is 0 Å². The summed E-state index contributed by atoms with van der Waals surface area (Å²) in [4.78, 5) is 14.8. The van der Waals surface area contributed by atoms with Crippen LogP contribution in [0.1, 0.15) is 5.56 Å². The second-order valence-corrected chi connectivity index (χ2v) is 6.56. The molecule has 1 aromatic heterocycles. The van der Waals surface area contributed by atoms with Crippen molar-refractivity contribution in [3.05, 3.63) is 58.1 Å². The van der Waals surface area contributed by atoms with E-state index in [2.05, 4.69) is 4.98 Å².